The monoisotopic (exact) mass is 383 g/mol. The van der Waals surface area contributed by atoms with Gasteiger partial charge in [-0.1, -0.05) is 17.7 Å². The number of hydrogen-bond acceptors (Lipinski definition) is 7. The zero-order chi connectivity index (χ0) is 20.3. The van der Waals surface area contributed by atoms with Crippen LogP contribution < -0.4 is 16.4 Å². The van der Waals surface area contributed by atoms with Crippen molar-refractivity contribution in [3.05, 3.63) is 35.7 Å². The van der Waals surface area contributed by atoms with Crippen molar-refractivity contribution >= 4 is 28.6 Å². The average molecular weight is 384 g/mol. The van der Waals surface area contributed by atoms with E-state index in [2.05, 4.69) is 31.7 Å². The first-order valence-corrected chi connectivity index (χ1v) is 9.55. The van der Waals surface area contributed by atoms with Crippen molar-refractivity contribution in [1.82, 2.24) is 19.5 Å². The summed E-state index contributed by atoms with van der Waals surface area (Å²) in [6, 6.07) is 5.97. The first-order chi connectivity index (χ1) is 13.3. The van der Waals surface area contributed by atoms with Gasteiger partial charge >= 0.3 is 0 Å². The number of nitrogens with zero attached hydrogens (tertiary/aromatic N) is 4. The highest BCUT2D eigenvalue weighted by Crippen LogP contribution is 2.23. The van der Waals surface area contributed by atoms with E-state index in [4.69, 9.17) is 5.73 Å². The Bertz CT molecular complexity index is 959. The summed E-state index contributed by atoms with van der Waals surface area (Å²) >= 11 is 0. The molecule has 0 unspecified atom stereocenters. The molecule has 0 bridgehead atoms. The lowest BCUT2D eigenvalue weighted by Gasteiger charge is -2.17. The summed E-state index contributed by atoms with van der Waals surface area (Å²) in [7, 11) is 0. The molecule has 28 heavy (non-hydrogen) atoms. The van der Waals surface area contributed by atoms with Gasteiger partial charge in [-0.25, -0.2) is 4.98 Å². The van der Waals surface area contributed by atoms with Crippen molar-refractivity contribution in [2.24, 2.45) is 0 Å². The summed E-state index contributed by atoms with van der Waals surface area (Å²) < 4.78 is 1.98. The van der Waals surface area contributed by atoms with E-state index in [0.29, 0.717) is 31.3 Å². The van der Waals surface area contributed by atoms with Crippen molar-refractivity contribution < 1.29 is 5.11 Å². The fourth-order valence-electron chi connectivity index (χ4n) is 2.92. The third-order valence-corrected chi connectivity index (χ3v) is 4.57. The molecule has 2 heterocycles. The highest BCUT2D eigenvalue weighted by atomic mass is 16.3. The molecular weight excluding hydrogens is 354 g/mol. The maximum absolute atomic E-state index is 9.91. The normalized spacial score (nSPS) is 11.8. The van der Waals surface area contributed by atoms with E-state index in [0.717, 1.165) is 34.5 Å². The average Bonchev–Trinajstić information content (AvgIpc) is 3.04. The summed E-state index contributed by atoms with van der Waals surface area (Å²) in [5, 5.41) is 16.5. The van der Waals surface area contributed by atoms with E-state index < -0.39 is 5.60 Å². The van der Waals surface area contributed by atoms with Crippen LogP contribution in [-0.4, -0.2) is 36.8 Å². The van der Waals surface area contributed by atoms with E-state index >= 15 is 0 Å². The van der Waals surface area contributed by atoms with Gasteiger partial charge in [0.15, 0.2) is 17.0 Å². The fourth-order valence-corrected chi connectivity index (χ4v) is 2.92. The SMILES string of the molecule is CCn1cnc2c(NCc3cc(C)ccc3N)nc(NCCC(C)(C)O)nc21. The van der Waals surface area contributed by atoms with Gasteiger partial charge in [-0.2, -0.15) is 9.97 Å². The van der Waals surface area contributed by atoms with Gasteiger partial charge in [0.05, 0.1) is 11.9 Å². The number of nitrogen functional groups attached to an aromatic ring is 1. The minimum absolute atomic E-state index is 0.506. The quantitative estimate of drug-likeness (QED) is 0.442. The van der Waals surface area contributed by atoms with Crippen LogP contribution >= 0.6 is 0 Å². The number of fused-ring (bicyclic) bond motifs is 1. The zero-order valence-corrected chi connectivity index (χ0v) is 17.0. The molecule has 3 aromatic rings. The highest BCUT2D eigenvalue weighted by Gasteiger charge is 2.15. The van der Waals surface area contributed by atoms with Gasteiger partial charge in [0.25, 0.3) is 0 Å². The Labute approximate surface area is 165 Å². The number of imidazole rings is 1. The van der Waals surface area contributed by atoms with Gasteiger partial charge in [-0.3, -0.25) is 0 Å². The molecule has 8 nitrogen and oxygen atoms in total. The molecule has 0 amide bonds. The standard InChI is InChI=1S/C20H29N7O/c1-5-27-12-24-16-17(23-11-14-10-13(2)6-7-15(14)21)25-19(26-18(16)27)22-9-8-20(3,4)28/h6-7,10,12,28H,5,8-9,11,21H2,1-4H3,(H2,22,23,25,26). The second-order valence-electron chi connectivity index (χ2n) is 7.64. The van der Waals surface area contributed by atoms with Gasteiger partial charge < -0.3 is 26.0 Å². The van der Waals surface area contributed by atoms with Gasteiger partial charge in [0, 0.05) is 25.3 Å². The predicted molar refractivity (Wildman–Crippen MR) is 113 cm³/mol. The molecule has 0 saturated heterocycles. The lowest BCUT2D eigenvalue weighted by atomic mass is 10.1. The summed E-state index contributed by atoms with van der Waals surface area (Å²) in [6.45, 7) is 9.53. The molecule has 0 aliphatic heterocycles. The number of nitrogens with two attached hydrogens (primary N) is 1. The van der Waals surface area contributed by atoms with Crippen LogP contribution in [0.4, 0.5) is 17.5 Å². The number of anilines is 3. The molecule has 0 saturated carbocycles. The Kier molecular flexibility index (Phi) is 5.69. The highest BCUT2D eigenvalue weighted by molar-refractivity contribution is 5.84. The van der Waals surface area contributed by atoms with Gasteiger partial charge in [-0.05, 0) is 45.7 Å². The first kappa shape index (κ1) is 19.9. The van der Waals surface area contributed by atoms with Crippen LogP contribution in [0.5, 0.6) is 0 Å². The Morgan fingerprint density at radius 1 is 1.21 bits per heavy atom. The van der Waals surface area contributed by atoms with E-state index in [1.807, 2.05) is 30.5 Å². The molecule has 0 radical (unpaired) electrons. The third-order valence-electron chi connectivity index (χ3n) is 4.57. The topological polar surface area (TPSA) is 114 Å². The molecule has 0 atom stereocenters. The second kappa shape index (κ2) is 8.02. The lowest BCUT2D eigenvalue weighted by Crippen LogP contribution is -2.23. The summed E-state index contributed by atoms with van der Waals surface area (Å²) in [4.78, 5) is 13.7. The largest absolute Gasteiger partial charge is 0.398 e. The summed E-state index contributed by atoms with van der Waals surface area (Å²) in [5.74, 6) is 1.16. The van der Waals surface area contributed by atoms with E-state index in [-0.39, 0.29) is 0 Å². The number of rotatable bonds is 8. The molecule has 0 aliphatic rings. The van der Waals surface area contributed by atoms with Gasteiger partial charge in [0.2, 0.25) is 5.95 Å². The number of aliphatic hydroxyl groups is 1. The van der Waals surface area contributed by atoms with Crippen molar-refractivity contribution in [3.63, 3.8) is 0 Å². The molecule has 5 N–H and O–H groups in total. The second-order valence-corrected chi connectivity index (χ2v) is 7.64. The molecule has 3 rings (SSSR count). The van der Waals surface area contributed by atoms with Crippen LogP contribution in [0.2, 0.25) is 0 Å². The lowest BCUT2D eigenvalue weighted by molar-refractivity contribution is 0.0748. The number of nitrogens with one attached hydrogen (secondary N) is 2. The number of aryl methyl sites for hydroxylation is 2. The van der Waals surface area contributed by atoms with Crippen LogP contribution in [0.15, 0.2) is 24.5 Å². The van der Waals surface area contributed by atoms with Crippen LogP contribution in [0.25, 0.3) is 11.2 Å². The van der Waals surface area contributed by atoms with E-state index in [9.17, 15) is 5.11 Å². The predicted octanol–water partition coefficient (Wildman–Crippen LogP) is 2.92. The minimum atomic E-state index is -0.744. The molecule has 8 heteroatoms. The van der Waals surface area contributed by atoms with Gasteiger partial charge in [-0.15, -0.1) is 0 Å². The van der Waals surface area contributed by atoms with E-state index in [1.54, 1.807) is 20.2 Å². The molecule has 2 aromatic heterocycles. The maximum Gasteiger partial charge on any atom is 0.226 e. The van der Waals surface area contributed by atoms with Crippen molar-refractivity contribution in [1.29, 1.82) is 0 Å². The minimum Gasteiger partial charge on any atom is -0.398 e. The molecular formula is C20H29N7O. The zero-order valence-electron chi connectivity index (χ0n) is 17.0. The van der Waals surface area contributed by atoms with Crippen LogP contribution in [0.1, 0.15) is 38.3 Å². The van der Waals surface area contributed by atoms with Crippen LogP contribution in [0, 0.1) is 6.92 Å². The number of benzene rings is 1. The number of hydrogen-bond donors (Lipinski definition) is 4. The Morgan fingerprint density at radius 2 is 2.00 bits per heavy atom. The fraction of sp³-hybridized carbons (Fsp3) is 0.450. The van der Waals surface area contributed by atoms with Gasteiger partial charge in [0.1, 0.15) is 0 Å². The Balaban J connectivity index is 1.86. The van der Waals surface area contributed by atoms with Crippen molar-refractivity contribution in [2.45, 2.75) is 52.8 Å². The summed E-state index contributed by atoms with van der Waals surface area (Å²) in [6.07, 6.45) is 2.36. The third kappa shape index (κ3) is 4.69. The Morgan fingerprint density at radius 3 is 2.71 bits per heavy atom. The molecule has 0 spiro atoms. The number of aromatic nitrogens is 4. The smallest absolute Gasteiger partial charge is 0.226 e. The van der Waals surface area contributed by atoms with E-state index in [1.165, 1.54) is 0 Å². The molecule has 0 aliphatic carbocycles. The molecule has 0 fully saturated rings. The molecule has 150 valence electrons. The first-order valence-electron chi connectivity index (χ1n) is 9.55. The summed E-state index contributed by atoms with van der Waals surface area (Å²) in [5.41, 5.74) is 9.76. The van der Waals surface area contributed by atoms with Crippen LogP contribution in [-0.2, 0) is 13.1 Å². The van der Waals surface area contributed by atoms with Crippen LogP contribution in [0.3, 0.4) is 0 Å². The van der Waals surface area contributed by atoms with Crippen molar-refractivity contribution in [3.8, 4) is 0 Å². The maximum atomic E-state index is 9.91. The Hall–Kier alpha value is -2.87. The van der Waals surface area contributed by atoms with Crippen molar-refractivity contribution in [2.75, 3.05) is 22.9 Å². The molecule has 1 aromatic carbocycles.